The molecule has 0 saturated carbocycles. The van der Waals surface area contributed by atoms with Crippen LogP contribution >= 0.6 is 0 Å². The molecule has 1 aromatic carbocycles. The van der Waals surface area contributed by atoms with Gasteiger partial charge < -0.3 is 9.84 Å². The number of allylic oxidation sites excluding steroid dienone is 1. The first kappa shape index (κ1) is 11.2. The summed E-state index contributed by atoms with van der Waals surface area (Å²) < 4.78 is 5.37. The zero-order chi connectivity index (χ0) is 11.5. The summed E-state index contributed by atoms with van der Waals surface area (Å²) in [6.07, 6.45) is 4.60. The first-order valence-corrected chi connectivity index (χ1v) is 5.74. The molecule has 0 amide bonds. The minimum Gasteiger partial charge on any atom is -0.496 e. The molecule has 1 atom stereocenters. The van der Waals surface area contributed by atoms with Crippen molar-refractivity contribution in [2.75, 3.05) is 7.11 Å². The molecule has 1 N–H and O–H groups in total. The SMILES string of the molecule is COc1ccc(C)cc1C1=CC(O)CCC1. The number of aryl methyl sites for hydroxylation is 1. The molecule has 2 nitrogen and oxygen atoms in total. The topological polar surface area (TPSA) is 29.5 Å². The predicted octanol–water partition coefficient (Wildman–Crippen LogP) is 2.93. The van der Waals surface area contributed by atoms with Crippen LogP contribution < -0.4 is 4.74 Å². The number of rotatable bonds is 2. The Morgan fingerprint density at radius 2 is 2.19 bits per heavy atom. The summed E-state index contributed by atoms with van der Waals surface area (Å²) >= 11 is 0. The van der Waals surface area contributed by atoms with E-state index in [1.807, 2.05) is 18.2 Å². The molecule has 1 aliphatic carbocycles. The number of hydrogen-bond acceptors (Lipinski definition) is 2. The maximum absolute atomic E-state index is 9.66. The standard InChI is InChI=1S/C14H18O2/c1-10-6-7-14(16-2)13(8-10)11-4-3-5-12(15)9-11/h6-9,12,15H,3-5H2,1-2H3. The van der Waals surface area contributed by atoms with E-state index in [9.17, 15) is 5.11 Å². The Morgan fingerprint density at radius 3 is 2.88 bits per heavy atom. The first-order valence-electron chi connectivity index (χ1n) is 5.74. The van der Waals surface area contributed by atoms with Crippen LogP contribution in [0.1, 0.15) is 30.4 Å². The molecule has 0 fully saturated rings. The van der Waals surface area contributed by atoms with E-state index in [2.05, 4.69) is 13.0 Å². The third-order valence-electron chi connectivity index (χ3n) is 3.04. The van der Waals surface area contributed by atoms with Crippen LogP contribution in [0.2, 0.25) is 0 Å². The quantitative estimate of drug-likeness (QED) is 0.827. The first-order chi connectivity index (χ1) is 7.70. The number of ether oxygens (including phenoxy) is 1. The third kappa shape index (κ3) is 2.27. The van der Waals surface area contributed by atoms with E-state index in [1.165, 1.54) is 11.1 Å². The molecule has 0 aliphatic heterocycles. The summed E-state index contributed by atoms with van der Waals surface area (Å²) in [5.74, 6) is 0.894. The monoisotopic (exact) mass is 218 g/mol. The predicted molar refractivity (Wildman–Crippen MR) is 65.6 cm³/mol. The molecular weight excluding hydrogens is 200 g/mol. The van der Waals surface area contributed by atoms with Crippen LogP contribution in [-0.4, -0.2) is 18.3 Å². The lowest BCUT2D eigenvalue weighted by Gasteiger charge is -2.19. The average molecular weight is 218 g/mol. The van der Waals surface area contributed by atoms with E-state index in [0.29, 0.717) is 0 Å². The molecule has 2 heteroatoms. The van der Waals surface area contributed by atoms with E-state index < -0.39 is 0 Å². The second-order valence-corrected chi connectivity index (χ2v) is 4.36. The fourth-order valence-electron chi connectivity index (χ4n) is 2.20. The minimum atomic E-state index is -0.297. The number of aliphatic hydroxyl groups is 1. The lowest BCUT2D eigenvalue weighted by molar-refractivity contribution is 0.206. The highest BCUT2D eigenvalue weighted by molar-refractivity contribution is 5.72. The van der Waals surface area contributed by atoms with Crippen molar-refractivity contribution in [1.29, 1.82) is 0 Å². The van der Waals surface area contributed by atoms with Gasteiger partial charge in [-0.05, 0) is 43.9 Å². The highest BCUT2D eigenvalue weighted by Gasteiger charge is 2.15. The fourth-order valence-corrected chi connectivity index (χ4v) is 2.20. The van der Waals surface area contributed by atoms with Gasteiger partial charge in [0.2, 0.25) is 0 Å². The number of aliphatic hydroxyl groups excluding tert-OH is 1. The van der Waals surface area contributed by atoms with E-state index in [0.717, 1.165) is 30.6 Å². The second kappa shape index (κ2) is 4.71. The van der Waals surface area contributed by atoms with Gasteiger partial charge in [0.1, 0.15) is 5.75 Å². The molecule has 0 aromatic heterocycles. The molecule has 86 valence electrons. The number of benzene rings is 1. The molecule has 16 heavy (non-hydrogen) atoms. The number of methoxy groups -OCH3 is 1. The van der Waals surface area contributed by atoms with Gasteiger partial charge in [0.25, 0.3) is 0 Å². The van der Waals surface area contributed by atoms with Crippen molar-refractivity contribution in [3.8, 4) is 5.75 Å². The maximum atomic E-state index is 9.66. The zero-order valence-corrected chi connectivity index (χ0v) is 9.86. The molecule has 2 rings (SSSR count). The van der Waals surface area contributed by atoms with E-state index in [4.69, 9.17) is 4.74 Å². The van der Waals surface area contributed by atoms with Crippen LogP contribution in [0.5, 0.6) is 5.75 Å². The van der Waals surface area contributed by atoms with E-state index >= 15 is 0 Å². The molecule has 0 heterocycles. The molecule has 1 aromatic rings. The van der Waals surface area contributed by atoms with Gasteiger partial charge in [0, 0.05) is 5.56 Å². The van der Waals surface area contributed by atoms with Crippen LogP contribution in [0, 0.1) is 6.92 Å². The normalized spacial score (nSPS) is 20.4. The molecule has 0 spiro atoms. The Bertz CT molecular complexity index is 407. The summed E-state index contributed by atoms with van der Waals surface area (Å²) in [6, 6.07) is 6.16. The number of hydrogen-bond donors (Lipinski definition) is 1. The van der Waals surface area contributed by atoms with Gasteiger partial charge in [-0.1, -0.05) is 17.7 Å². The average Bonchev–Trinajstić information content (AvgIpc) is 2.29. The Kier molecular flexibility index (Phi) is 3.30. The smallest absolute Gasteiger partial charge is 0.126 e. The van der Waals surface area contributed by atoms with Crippen molar-refractivity contribution in [3.63, 3.8) is 0 Å². The van der Waals surface area contributed by atoms with Gasteiger partial charge in [-0.2, -0.15) is 0 Å². The third-order valence-corrected chi connectivity index (χ3v) is 3.04. The zero-order valence-electron chi connectivity index (χ0n) is 9.86. The van der Waals surface area contributed by atoms with E-state index in [-0.39, 0.29) is 6.10 Å². The Hall–Kier alpha value is -1.28. The fraction of sp³-hybridized carbons (Fsp3) is 0.429. The van der Waals surface area contributed by atoms with Crippen LogP contribution in [0.4, 0.5) is 0 Å². The molecular formula is C14H18O2. The van der Waals surface area contributed by atoms with Gasteiger partial charge in [0.15, 0.2) is 0 Å². The summed E-state index contributed by atoms with van der Waals surface area (Å²) in [7, 11) is 1.69. The van der Waals surface area contributed by atoms with Crippen LogP contribution in [0.3, 0.4) is 0 Å². The summed E-state index contributed by atoms with van der Waals surface area (Å²) in [4.78, 5) is 0. The lowest BCUT2D eigenvalue weighted by Crippen LogP contribution is -2.09. The van der Waals surface area contributed by atoms with Crippen molar-refractivity contribution in [1.82, 2.24) is 0 Å². The van der Waals surface area contributed by atoms with Crippen LogP contribution in [0.25, 0.3) is 5.57 Å². The summed E-state index contributed by atoms with van der Waals surface area (Å²) in [5, 5.41) is 9.66. The van der Waals surface area contributed by atoms with Crippen molar-refractivity contribution < 1.29 is 9.84 Å². The van der Waals surface area contributed by atoms with Gasteiger partial charge in [0.05, 0.1) is 13.2 Å². The molecule has 0 saturated heterocycles. The highest BCUT2D eigenvalue weighted by Crippen LogP contribution is 2.33. The largest absolute Gasteiger partial charge is 0.496 e. The molecule has 1 aliphatic rings. The van der Waals surface area contributed by atoms with Gasteiger partial charge in [-0.25, -0.2) is 0 Å². The summed E-state index contributed by atoms with van der Waals surface area (Å²) in [6.45, 7) is 2.07. The van der Waals surface area contributed by atoms with Crippen LogP contribution in [0.15, 0.2) is 24.3 Å². The Labute approximate surface area is 96.6 Å². The maximum Gasteiger partial charge on any atom is 0.126 e. The second-order valence-electron chi connectivity index (χ2n) is 4.36. The van der Waals surface area contributed by atoms with Gasteiger partial charge in [-0.15, -0.1) is 0 Å². The van der Waals surface area contributed by atoms with Gasteiger partial charge in [-0.3, -0.25) is 0 Å². The highest BCUT2D eigenvalue weighted by atomic mass is 16.5. The Balaban J connectivity index is 2.41. The van der Waals surface area contributed by atoms with Crippen molar-refractivity contribution in [2.45, 2.75) is 32.3 Å². The van der Waals surface area contributed by atoms with Crippen LogP contribution in [-0.2, 0) is 0 Å². The Morgan fingerprint density at radius 1 is 1.38 bits per heavy atom. The van der Waals surface area contributed by atoms with E-state index in [1.54, 1.807) is 7.11 Å². The van der Waals surface area contributed by atoms with Gasteiger partial charge >= 0.3 is 0 Å². The summed E-state index contributed by atoms with van der Waals surface area (Å²) in [5.41, 5.74) is 3.55. The van der Waals surface area contributed by atoms with Crippen molar-refractivity contribution in [2.24, 2.45) is 0 Å². The lowest BCUT2D eigenvalue weighted by atomic mass is 9.91. The molecule has 0 bridgehead atoms. The van der Waals surface area contributed by atoms with Crippen molar-refractivity contribution in [3.05, 3.63) is 35.4 Å². The molecule has 0 radical (unpaired) electrons. The minimum absolute atomic E-state index is 0.297. The molecule has 1 unspecified atom stereocenters. The van der Waals surface area contributed by atoms with Crippen molar-refractivity contribution >= 4 is 5.57 Å².